The fourth-order valence-electron chi connectivity index (χ4n) is 1.02. The third-order valence-electron chi connectivity index (χ3n) is 2.01. The number of rotatable bonds is 6. The van der Waals surface area contributed by atoms with Crippen molar-refractivity contribution < 1.29 is 31.1 Å². The number of aromatic nitrogens is 1. The van der Waals surface area contributed by atoms with Crippen LogP contribution in [0.25, 0.3) is 0 Å². The highest BCUT2D eigenvalue weighted by Crippen LogP contribution is 2.22. The lowest BCUT2D eigenvalue weighted by atomic mass is 10.4. The van der Waals surface area contributed by atoms with Crippen molar-refractivity contribution in [2.75, 3.05) is 6.54 Å². The molecule has 0 saturated carbocycles. The van der Waals surface area contributed by atoms with Crippen molar-refractivity contribution in [2.24, 2.45) is 0 Å². The smallest absolute Gasteiger partial charge is 0.320 e. The van der Waals surface area contributed by atoms with E-state index in [0.29, 0.717) is 0 Å². The molecule has 0 spiro atoms. The predicted molar refractivity (Wildman–Crippen MR) is 52.9 cm³/mol. The highest BCUT2D eigenvalue weighted by atomic mass is 32.2. The van der Waals surface area contributed by atoms with Crippen LogP contribution in [0.15, 0.2) is 17.2 Å². The summed E-state index contributed by atoms with van der Waals surface area (Å²) in [5, 5.41) is 8.68. The van der Waals surface area contributed by atoms with E-state index in [1.165, 1.54) is 4.72 Å². The van der Waals surface area contributed by atoms with E-state index in [0.717, 1.165) is 12.3 Å². The second kappa shape index (κ2) is 5.24. The molecular formula is C8H10F4N2O3S. The fraction of sp³-hybridized carbons (Fsp3) is 0.500. The van der Waals surface area contributed by atoms with Gasteiger partial charge in [0.1, 0.15) is 0 Å². The molecule has 0 aromatic carbocycles. The maximum absolute atomic E-state index is 12.5. The predicted octanol–water partition coefficient (Wildman–Crippen LogP) is 0.686. The summed E-state index contributed by atoms with van der Waals surface area (Å²) < 4.78 is 73.0. The molecule has 104 valence electrons. The van der Waals surface area contributed by atoms with Crippen molar-refractivity contribution in [1.29, 1.82) is 0 Å². The van der Waals surface area contributed by atoms with Gasteiger partial charge in [0.15, 0.2) is 0 Å². The Bertz CT molecular complexity index is 500. The Hall–Kier alpha value is -1.13. The number of aliphatic hydroxyl groups is 1. The maximum Gasteiger partial charge on any atom is 0.320 e. The first-order valence-corrected chi connectivity index (χ1v) is 6.11. The van der Waals surface area contributed by atoms with E-state index < -0.39 is 40.4 Å². The van der Waals surface area contributed by atoms with Gasteiger partial charge in [0.25, 0.3) is 0 Å². The zero-order valence-electron chi connectivity index (χ0n) is 8.83. The Morgan fingerprint density at radius 2 is 2.06 bits per heavy atom. The molecule has 0 radical (unpaired) electrons. The summed E-state index contributed by atoms with van der Waals surface area (Å²) in [5.74, 6) is -4.44. The minimum atomic E-state index is -4.44. The summed E-state index contributed by atoms with van der Waals surface area (Å²) in [7, 11) is -4.32. The van der Waals surface area contributed by atoms with Crippen LogP contribution < -0.4 is 4.72 Å². The quantitative estimate of drug-likeness (QED) is 0.674. The van der Waals surface area contributed by atoms with E-state index >= 15 is 0 Å². The Labute approximate surface area is 99.9 Å². The average molecular weight is 290 g/mol. The number of nitrogens with one attached hydrogen (secondary N) is 2. The lowest BCUT2D eigenvalue weighted by Gasteiger charge is -2.15. The molecule has 5 nitrogen and oxygen atoms in total. The van der Waals surface area contributed by atoms with Crippen LogP contribution in [0.4, 0.5) is 17.6 Å². The minimum Gasteiger partial charge on any atom is -0.390 e. The molecule has 0 aliphatic heterocycles. The third-order valence-corrected chi connectivity index (χ3v) is 3.39. The van der Waals surface area contributed by atoms with Crippen LogP contribution in [0.3, 0.4) is 0 Å². The maximum atomic E-state index is 12.5. The molecular weight excluding hydrogens is 280 g/mol. The van der Waals surface area contributed by atoms with Gasteiger partial charge in [0.2, 0.25) is 10.0 Å². The highest BCUT2D eigenvalue weighted by Gasteiger charge is 2.41. The van der Waals surface area contributed by atoms with Gasteiger partial charge in [-0.25, -0.2) is 21.9 Å². The highest BCUT2D eigenvalue weighted by molar-refractivity contribution is 7.89. The van der Waals surface area contributed by atoms with Gasteiger partial charge in [-0.1, -0.05) is 0 Å². The summed E-state index contributed by atoms with van der Waals surface area (Å²) >= 11 is 0. The Morgan fingerprint density at radius 1 is 1.44 bits per heavy atom. The Kier molecular flexibility index (Phi) is 4.35. The summed E-state index contributed by atoms with van der Waals surface area (Å²) in [6, 6.07) is 1.00. The van der Waals surface area contributed by atoms with Crippen LogP contribution >= 0.6 is 0 Å². The molecule has 0 bridgehead atoms. The minimum absolute atomic E-state index is 0.149. The van der Waals surface area contributed by atoms with Crippen molar-refractivity contribution >= 4 is 10.0 Å². The normalized spacial score (nSPS) is 13.2. The zero-order chi connectivity index (χ0) is 14.0. The molecule has 0 amide bonds. The van der Waals surface area contributed by atoms with E-state index in [9.17, 15) is 26.0 Å². The molecule has 3 N–H and O–H groups in total. The van der Waals surface area contributed by atoms with Crippen molar-refractivity contribution in [3.63, 3.8) is 0 Å². The SMILES string of the molecule is O=S(=O)(NCC(F)(F)C(F)F)c1c[nH]c(CO)c1. The molecule has 1 rings (SSSR count). The van der Waals surface area contributed by atoms with Crippen molar-refractivity contribution in [2.45, 2.75) is 23.9 Å². The summed E-state index contributed by atoms with van der Waals surface area (Å²) in [6.07, 6.45) is -3.01. The van der Waals surface area contributed by atoms with Gasteiger partial charge in [-0.2, -0.15) is 8.78 Å². The van der Waals surface area contributed by atoms with Crippen LogP contribution in [0.2, 0.25) is 0 Å². The van der Waals surface area contributed by atoms with Gasteiger partial charge in [0, 0.05) is 11.9 Å². The fourth-order valence-corrected chi connectivity index (χ4v) is 2.08. The molecule has 0 atom stereocenters. The van der Waals surface area contributed by atoms with E-state index in [1.807, 2.05) is 0 Å². The number of aromatic amines is 1. The zero-order valence-corrected chi connectivity index (χ0v) is 9.65. The molecule has 0 unspecified atom stereocenters. The number of halogens is 4. The van der Waals surface area contributed by atoms with Gasteiger partial charge in [-0.3, -0.25) is 0 Å². The van der Waals surface area contributed by atoms with Crippen LogP contribution in [0.5, 0.6) is 0 Å². The van der Waals surface area contributed by atoms with Gasteiger partial charge in [-0.15, -0.1) is 0 Å². The van der Waals surface area contributed by atoms with Crippen molar-refractivity contribution in [3.05, 3.63) is 18.0 Å². The first-order valence-electron chi connectivity index (χ1n) is 4.63. The van der Waals surface area contributed by atoms with E-state index in [4.69, 9.17) is 5.11 Å². The average Bonchev–Trinajstić information content (AvgIpc) is 2.75. The second-order valence-corrected chi connectivity index (χ2v) is 5.17. The van der Waals surface area contributed by atoms with Gasteiger partial charge in [-0.05, 0) is 6.07 Å². The molecule has 10 heteroatoms. The molecule has 18 heavy (non-hydrogen) atoms. The van der Waals surface area contributed by atoms with Crippen LogP contribution in [0.1, 0.15) is 5.69 Å². The lowest BCUT2D eigenvalue weighted by Crippen LogP contribution is -2.41. The first kappa shape index (κ1) is 14.9. The van der Waals surface area contributed by atoms with E-state index in [1.54, 1.807) is 0 Å². The lowest BCUT2D eigenvalue weighted by molar-refractivity contribution is -0.122. The molecule has 0 aliphatic carbocycles. The Morgan fingerprint density at radius 3 is 2.50 bits per heavy atom. The van der Waals surface area contributed by atoms with E-state index in [-0.39, 0.29) is 5.69 Å². The second-order valence-electron chi connectivity index (χ2n) is 3.41. The summed E-state index contributed by atoms with van der Waals surface area (Å²) in [5.41, 5.74) is 0.149. The topological polar surface area (TPSA) is 82.2 Å². The van der Waals surface area contributed by atoms with Crippen molar-refractivity contribution in [1.82, 2.24) is 9.71 Å². The molecule has 0 saturated heterocycles. The van der Waals surface area contributed by atoms with E-state index in [2.05, 4.69) is 4.98 Å². The number of hydrogen-bond acceptors (Lipinski definition) is 3. The standard InChI is InChI=1S/C8H10F4N2O3S/c9-7(10)8(11,12)4-14-18(16,17)6-1-5(3-15)13-2-6/h1-2,7,13-15H,3-4H2. The Balaban J connectivity index is 2.77. The monoisotopic (exact) mass is 290 g/mol. The molecule has 0 fully saturated rings. The van der Waals surface area contributed by atoms with Crippen LogP contribution in [-0.2, 0) is 16.6 Å². The number of sulfonamides is 1. The molecule has 1 heterocycles. The van der Waals surface area contributed by atoms with Gasteiger partial charge in [0.05, 0.1) is 18.0 Å². The molecule has 0 aliphatic rings. The first-order chi connectivity index (χ1) is 8.19. The summed E-state index contributed by atoms with van der Waals surface area (Å²) in [6.45, 7) is -2.17. The number of aliphatic hydroxyl groups excluding tert-OH is 1. The van der Waals surface area contributed by atoms with Crippen molar-refractivity contribution in [3.8, 4) is 0 Å². The number of alkyl halides is 4. The summed E-state index contributed by atoms with van der Waals surface area (Å²) in [4.78, 5) is 1.96. The number of hydrogen-bond donors (Lipinski definition) is 3. The largest absolute Gasteiger partial charge is 0.390 e. The third kappa shape index (κ3) is 3.43. The molecule has 1 aromatic heterocycles. The van der Waals surface area contributed by atoms with Gasteiger partial charge >= 0.3 is 12.3 Å². The number of H-pyrrole nitrogens is 1. The van der Waals surface area contributed by atoms with Crippen LogP contribution in [-0.4, -0.2) is 37.4 Å². The van der Waals surface area contributed by atoms with Crippen LogP contribution in [0, 0.1) is 0 Å². The molecule has 1 aromatic rings. The van der Waals surface area contributed by atoms with Gasteiger partial charge < -0.3 is 10.1 Å².